The summed E-state index contributed by atoms with van der Waals surface area (Å²) in [6.45, 7) is 12.4. The number of morpholine rings is 1. The topological polar surface area (TPSA) is 78.6 Å². The van der Waals surface area contributed by atoms with Crippen LogP contribution in [0.3, 0.4) is 0 Å². The number of unbranched alkanes of at least 4 members (excludes halogenated alkanes) is 4. The molecule has 2 aliphatic heterocycles. The minimum atomic E-state index is -0.282. The molecule has 0 saturated carbocycles. The smallest absolute Gasteiger partial charge is 0.270 e. The van der Waals surface area contributed by atoms with Crippen LogP contribution in [0.2, 0.25) is 0 Å². The van der Waals surface area contributed by atoms with Crippen molar-refractivity contribution in [3.05, 3.63) is 31.9 Å². The molecule has 0 aliphatic carbocycles. The zero-order valence-electron chi connectivity index (χ0n) is 22.1. The number of anilines is 1. The summed E-state index contributed by atoms with van der Waals surface area (Å²) in [5, 5.41) is 9.84. The molecule has 3 rings (SSSR count). The first kappa shape index (κ1) is 28.4. The zero-order valence-corrected chi connectivity index (χ0v) is 23.8. The number of aromatic nitrogens is 1. The minimum absolute atomic E-state index is 0.00588. The molecule has 1 aromatic heterocycles. The Morgan fingerprint density at radius 1 is 1.08 bits per heavy atom. The Morgan fingerprint density at radius 2 is 1.75 bits per heavy atom. The summed E-state index contributed by atoms with van der Waals surface area (Å²) in [7, 11) is 0. The maximum atomic E-state index is 13.4. The number of amides is 1. The first-order valence-corrected chi connectivity index (χ1v) is 14.3. The van der Waals surface area contributed by atoms with E-state index in [1.165, 1.54) is 24.6 Å². The highest BCUT2D eigenvalue weighted by Gasteiger charge is 2.34. The molecule has 0 spiro atoms. The van der Waals surface area contributed by atoms with Gasteiger partial charge in [0.25, 0.3) is 11.5 Å². The third-order valence-electron chi connectivity index (χ3n) is 6.65. The van der Waals surface area contributed by atoms with E-state index in [0.717, 1.165) is 37.1 Å². The molecule has 0 N–H and O–H groups in total. The minimum Gasteiger partial charge on any atom is -0.372 e. The molecule has 2 saturated heterocycles. The van der Waals surface area contributed by atoms with Gasteiger partial charge in [-0.1, -0.05) is 63.5 Å². The first-order valence-electron chi connectivity index (χ1n) is 13.1. The van der Waals surface area contributed by atoms with E-state index in [1.54, 1.807) is 16.4 Å². The fraction of sp³-hybridized carbons (Fsp3) is 0.630. The molecule has 0 aromatic carbocycles. The molecule has 3 heterocycles. The number of ether oxygens (including phenoxy) is 1. The van der Waals surface area contributed by atoms with Crippen molar-refractivity contribution in [1.29, 1.82) is 5.26 Å². The second-order valence-corrected chi connectivity index (χ2v) is 11.4. The average molecular weight is 531 g/mol. The Hall–Kier alpha value is -2.15. The predicted octanol–water partition coefficient (Wildman–Crippen LogP) is 5.22. The first-order chi connectivity index (χ1) is 17.2. The Bertz CT molecular complexity index is 1110. The normalized spacial score (nSPS) is 21.5. The van der Waals surface area contributed by atoms with E-state index in [4.69, 9.17) is 17.0 Å². The van der Waals surface area contributed by atoms with Crippen molar-refractivity contribution in [1.82, 2.24) is 9.47 Å². The molecular weight excluding hydrogens is 492 g/mol. The summed E-state index contributed by atoms with van der Waals surface area (Å²) in [6.07, 6.45) is 8.12. The van der Waals surface area contributed by atoms with Gasteiger partial charge in [0.2, 0.25) is 0 Å². The van der Waals surface area contributed by atoms with Crippen LogP contribution in [0.25, 0.3) is 6.08 Å². The largest absolute Gasteiger partial charge is 0.372 e. The van der Waals surface area contributed by atoms with E-state index >= 15 is 0 Å². The van der Waals surface area contributed by atoms with Crippen LogP contribution in [0.15, 0.2) is 9.70 Å². The number of nitrogens with zero attached hydrogens (tertiary/aromatic N) is 4. The molecule has 2 aliphatic rings. The van der Waals surface area contributed by atoms with Gasteiger partial charge in [0.1, 0.15) is 21.8 Å². The summed E-state index contributed by atoms with van der Waals surface area (Å²) in [5.41, 5.74) is 1.18. The van der Waals surface area contributed by atoms with Gasteiger partial charge in [-0.25, -0.2) is 0 Å². The molecule has 9 heteroatoms. The summed E-state index contributed by atoms with van der Waals surface area (Å²) in [6, 6.07) is 2.12. The van der Waals surface area contributed by atoms with Crippen molar-refractivity contribution in [3.8, 4) is 6.07 Å². The number of carbonyl (C=O) groups is 1. The van der Waals surface area contributed by atoms with Gasteiger partial charge in [0.15, 0.2) is 0 Å². The van der Waals surface area contributed by atoms with Gasteiger partial charge in [-0.2, -0.15) is 5.26 Å². The third kappa shape index (κ3) is 6.21. The van der Waals surface area contributed by atoms with Crippen molar-refractivity contribution >= 4 is 46.1 Å². The van der Waals surface area contributed by atoms with Gasteiger partial charge >= 0.3 is 0 Å². The maximum Gasteiger partial charge on any atom is 0.270 e. The summed E-state index contributed by atoms with van der Waals surface area (Å²) >= 11 is 6.87. The van der Waals surface area contributed by atoms with Crippen LogP contribution in [0.1, 0.15) is 82.9 Å². The standard InChI is InChI=1S/C27H38N4O3S2/c1-6-8-9-10-11-13-31-26(33)23(36-27(31)35)14-21-20(5)22(15-28)25(32)30(12-7-2)24(21)29-16-18(3)34-19(4)17-29/h14,18-19H,6-13,16-17H2,1-5H3. The monoisotopic (exact) mass is 530 g/mol. The molecule has 2 fully saturated rings. The summed E-state index contributed by atoms with van der Waals surface area (Å²) in [4.78, 5) is 31.1. The van der Waals surface area contributed by atoms with Crippen LogP contribution >= 0.6 is 24.0 Å². The molecule has 7 nitrogen and oxygen atoms in total. The van der Waals surface area contributed by atoms with Gasteiger partial charge < -0.3 is 9.64 Å². The Labute approximate surface area is 224 Å². The molecule has 0 bridgehead atoms. The van der Waals surface area contributed by atoms with E-state index in [2.05, 4.69) is 17.9 Å². The number of rotatable bonds is 10. The van der Waals surface area contributed by atoms with Gasteiger partial charge in [0.05, 0.1) is 17.1 Å². The quantitative estimate of drug-likeness (QED) is 0.233. The highest BCUT2D eigenvalue weighted by atomic mass is 32.2. The van der Waals surface area contributed by atoms with E-state index < -0.39 is 0 Å². The number of nitriles is 1. The van der Waals surface area contributed by atoms with Crippen LogP contribution in [0, 0.1) is 18.3 Å². The lowest BCUT2D eigenvalue weighted by molar-refractivity contribution is -0.122. The molecule has 1 aromatic rings. The fourth-order valence-electron chi connectivity index (χ4n) is 4.96. The predicted molar refractivity (Wildman–Crippen MR) is 151 cm³/mol. The van der Waals surface area contributed by atoms with E-state index in [1.807, 2.05) is 26.8 Å². The molecule has 0 radical (unpaired) electrons. The van der Waals surface area contributed by atoms with E-state index in [9.17, 15) is 14.9 Å². The van der Waals surface area contributed by atoms with Crippen LogP contribution in [-0.2, 0) is 16.1 Å². The SMILES string of the molecule is CCCCCCCN1C(=O)C(=Cc2c(C)c(C#N)c(=O)n(CCC)c2N2CC(C)OC(C)C2)SC1=S. The van der Waals surface area contributed by atoms with Gasteiger partial charge in [-0.3, -0.25) is 19.1 Å². The number of hydrogen-bond acceptors (Lipinski definition) is 7. The second-order valence-electron chi connectivity index (χ2n) is 9.72. The number of thiocarbonyl (C=S) groups is 1. The van der Waals surface area contributed by atoms with Crippen LogP contribution < -0.4 is 10.5 Å². The fourth-order valence-corrected chi connectivity index (χ4v) is 6.25. The van der Waals surface area contributed by atoms with E-state index in [0.29, 0.717) is 41.0 Å². The molecule has 1 amide bonds. The lowest BCUT2D eigenvalue weighted by Crippen LogP contribution is -2.48. The summed E-state index contributed by atoms with van der Waals surface area (Å²) in [5.74, 6) is 0.659. The lowest BCUT2D eigenvalue weighted by atomic mass is 10.0. The van der Waals surface area contributed by atoms with Crippen LogP contribution in [-0.4, -0.2) is 51.5 Å². The number of hydrogen-bond donors (Lipinski definition) is 0. The highest BCUT2D eigenvalue weighted by molar-refractivity contribution is 8.26. The molecule has 196 valence electrons. The van der Waals surface area contributed by atoms with Gasteiger partial charge in [-0.05, 0) is 45.3 Å². The number of pyridine rings is 1. The molecule has 36 heavy (non-hydrogen) atoms. The maximum absolute atomic E-state index is 13.4. The summed E-state index contributed by atoms with van der Waals surface area (Å²) < 4.78 is 8.22. The third-order valence-corrected chi connectivity index (χ3v) is 8.02. The second kappa shape index (κ2) is 12.9. The lowest BCUT2D eigenvalue weighted by Gasteiger charge is -2.39. The number of thioether (sulfide) groups is 1. The van der Waals surface area contributed by atoms with Crippen molar-refractivity contribution in [2.24, 2.45) is 0 Å². The van der Waals surface area contributed by atoms with Crippen LogP contribution in [0.5, 0.6) is 0 Å². The van der Waals surface area contributed by atoms with Crippen molar-refractivity contribution in [2.75, 3.05) is 24.5 Å². The molecule has 2 atom stereocenters. The average Bonchev–Trinajstić information content (AvgIpc) is 3.09. The zero-order chi connectivity index (χ0) is 26.4. The van der Waals surface area contributed by atoms with Gasteiger partial charge in [0, 0.05) is 31.7 Å². The Kier molecular flexibility index (Phi) is 10.2. The van der Waals surface area contributed by atoms with Gasteiger partial charge in [-0.15, -0.1) is 0 Å². The number of carbonyl (C=O) groups excluding carboxylic acids is 1. The van der Waals surface area contributed by atoms with E-state index in [-0.39, 0.29) is 29.2 Å². The Morgan fingerprint density at radius 3 is 2.36 bits per heavy atom. The van der Waals surface area contributed by atoms with Crippen molar-refractivity contribution in [2.45, 2.75) is 91.9 Å². The highest BCUT2D eigenvalue weighted by Crippen LogP contribution is 2.36. The molecule has 2 unspecified atom stereocenters. The van der Waals surface area contributed by atoms with Crippen molar-refractivity contribution in [3.63, 3.8) is 0 Å². The van der Waals surface area contributed by atoms with Crippen LogP contribution in [0.4, 0.5) is 5.82 Å². The molecular formula is C27H38N4O3S2. The van der Waals surface area contributed by atoms with Crippen molar-refractivity contribution < 1.29 is 9.53 Å². The Balaban J connectivity index is 2.06.